The fraction of sp³-hybridized carbons (Fsp3) is 0.414. The van der Waals surface area contributed by atoms with E-state index in [1.165, 1.54) is 10.7 Å². The minimum atomic E-state index is -0.455. The first-order valence-corrected chi connectivity index (χ1v) is 13.3. The van der Waals surface area contributed by atoms with Crippen LogP contribution in [0.1, 0.15) is 60.6 Å². The average Bonchev–Trinajstić information content (AvgIpc) is 3.20. The van der Waals surface area contributed by atoms with Gasteiger partial charge in [0, 0.05) is 54.4 Å². The number of hydrogen-bond donors (Lipinski definition) is 0. The van der Waals surface area contributed by atoms with Gasteiger partial charge in [-0.15, -0.1) is 0 Å². The number of carbonyl (C=O) groups excluding carboxylic acids is 2. The van der Waals surface area contributed by atoms with Crippen molar-refractivity contribution in [2.45, 2.75) is 50.9 Å². The molecule has 2 amide bonds. The van der Waals surface area contributed by atoms with Crippen LogP contribution in [0.3, 0.4) is 0 Å². The Morgan fingerprint density at radius 3 is 2.59 bits per heavy atom. The summed E-state index contributed by atoms with van der Waals surface area (Å²) in [6, 6.07) is 10.9. The van der Waals surface area contributed by atoms with Gasteiger partial charge in [0.15, 0.2) is 5.82 Å². The Morgan fingerprint density at radius 2 is 1.86 bits per heavy atom. The predicted molar refractivity (Wildman–Crippen MR) is 137 cm³/mol. The van der Waals surface area contributed by atoms with E-state index < -0.39 is 5.82 Å². The van der Waals surface area contributed by atoms with Gasteiger partial charge in [-0.05, 0) is 61.1 Å². The third-order valence-corrected chi connectivity index (χ3v) is 8.70. The molecule has 7 nitrogen and oxygen atoms in total. The number of ether oxygens (including phenoxy) is 1. The number of anilines is 2. The lowest BCUT2D eigenvalue weighted by atomic mass is 9.87. The van der Waals surface area contributed by atoms with Gasteiger partial charge in [0.1, 0.15) is 17.1 Å². The van der Waals surface area contributed by atoms with Gasteiger partial charge < -0.3 is 14.5 Å². The molecule has 1 saturated carbocycles. The SMILES string of the molecule is CCC1CC12CN(c1ccc(N3CCCCC3=O)cc1)C(=O)c1c2cnn1-c1cc2c(cc1F)OCC2. The maximum atomic E-state index is 15.2. The van der Waals surface area contributed by atoms with Crippen LogP contribution in [0.5, 0.6) is 5.75 Å². The van der Waals surface area contributed by atoms with Crippen LogP contribution in [-0.2, 0) is 16.6 Å². The summed E-state index contributed by atoms with van der Waals surface area (Å²) in [4.78, 5) is 30.0. The van der Waals surface area contributed by atoms with Crippen molar-refractivity contribution in [1.82, 2.24) is 9.78 Å². The Morgan fingerprint density at radius 1 is 1.08 bits per heavy atom. The summed E-state index contributed by atoms with van der Waals surface area (Å²) in [5, 5.41) is 4.57. The molecule has 2 aromatic carbocycles. The lowest BCUT2D eigenvalue weighted by molar-refractivity contribution is -0.119. The van der Waals surface area contributed by atoms with E-state index in [-0.39, 0.29) is 22.9 Å². The number of rotatable bonds is 4. The lowest BCUT2D eigenvalue weighted by Gasteiger charge is -2.34. The van der Waals surface area contributed by atoms with E-state index in [1.54, 1.807) is 12.3 Å². The van der Waals surface area contributed by atoms with Gasteiger partial charge in [-0.2, -0.15) is 5.10 Å². The Bertz CT molecular complexity index is 1430. The van der Waals surface area contributed by atoms with Gasteiger partial charge in [-0.1, -0.05) is 13.3 Å². The fourth-order valence-corrected chi connectivity index (χ4v) is 6.56. The quantitative estimate of drug-likeness (QED) is 0.517. The Kier molecular flexibility index (Phi) is 4.97. The van der Waals surface area contributed by atoms with Crippen molar-refractivity contribution >= 4 is 23.2 Å². The van der Waals surface area contributed by atoms with Crippen molar-refractivity contribution in [3.8, 4) is 11.4 Å². The summed E-state index contributed by atoms with van der Waals surface area (Å²) in [5.41, 5.74) is 4.04. The highest BCUT2D eigenvalue weighted by Gasteiger charge is 2.60. The van der Waals surface area contributed by atoms with Crippen molar-refractivity contribution in [1.29, 1.82) is 0 Å². The van der Waals surface area contributed by atoms with Gasteiger partial charge in [-0.3, -0.25) is 9.59 Å². The molecule has 2 atom stereocenters. The molecule has 1 aliphatic carbocycles. The van der Waals surface area contributed by atoms with Crippen molar-refractivity contribution in [3.05, 3.63) is 65.2 Å². The zero-order chi connectivity index (χ0) is 25.3. The topological polar surface area (TPSA) is 67.7 Å². The molecule has 0 N–H and O–H groups in total. The maximum Gasteiger partial charge on any atom is 0.277 e. The molecule has 37 heavy (non-hydrogen) atoms. The van der Waals surface area contributed by atoms with E-state index in [0.717, 1.165) is 54.7 Å². The van der Waals surface area contributed by atoms with E-state index in [2.05, 4.69) is 12.0 Å². The number of piperidine rings is 1. The van der Waals surface area contributed by atoms with E-state index >= 15 is 4.39 Å². The minimum absolute atomic E-state index is 0.145. The number of fused-ring (bicyclic) bond motifs is 3. The van der Waals surface area contributed by atoms with Crippen LogP contribution >= 0.6 is 0 Å². The molecule has 3 aliphatic heterocycles. The molecular formula is C29H29FN4O3. The van der Waals surface area contributed by atoms with E-state index in [1.807, 2.05) is 34.1 Å². The van der Waals surface area contributed by atoms with Crippen LogP contribution in [0.25, 0.3) is 5.69 Å². The second-order valence-electron chi connectivity index (χ2n) is 10.7. The van der Waals surface area contributed by atoms with Crippen LogP contribution in [0.15, 0.2) is 42.6 Å². The number of halogens is 1. The van der Waals surface area contributed by atoms with Crippen molar-refractivity contribution < 1.29 is 18.7 Å². The maximum absolute atomic E-state index is 15.2. The second-order valence-corrected chi connectivity index (χ2v) is 10.7. The average molecular weight is 501 g/mol. The van der Waals surface area contributed by atoms with Crippen molar-refractivity contribution in [2.24, 2.45) is 5.92 Å². The molecule has 2 fully saturated rings. The molecule has 4 heterocycles. The largest absolute Gasteiger partial charge is 0.493 e. The van der Waals surface area contributed by atoms with Crippen LogP contribution in [0, 0.1) is 11.7 Å². The number of amides is 2. The Balaban J connectivity index is 1.29. The van der Waals surface area contributed by atoms with Crippen LogP contribution in [0.2, 0.25) is 0 Å². The highest BCUT2D eigenvalue weighted by Crippen LogP contribution is 2.59. The Labute approximate surface area is 214 Å². The first-order chi connectivity index (χ1) is 18.0. The molecule has 7 rings (SSSR count). The zero-order valence-corrected chi connectivity index (χ0v) is 20.9. The van der Waals surface area contributed by atoms with Gasteiger partial charge >= 0.3 is 0 Å². The van der Waals surface area contributed by atoms with Gasteiger partial charge in [0.05, 0.1) is 12.8 Å². The van der Waals surface area contributed by atoms with E-state index in [9.17, 15) is 9.59 Å². The molecule has 1 spiro atoms. The number of hydrogen-bond acceptors (Lipinski definition) is 4. The molecule has 1 saturated heterocycles. The predicted octanol–water partition coefficient (Wildman–Crippen LogP) is 4.79. The third kappa shape index (κ3) is 3.34. The van der Waals surface area contributed by atoms with E-state index in [0.29, 0.717) is 43.4 Å². The smallest absolute Gasteiger partial charge is 0.277 e. The molecule has 190 valence electrons. The molecular weight excluding hydrogens is 471 g/mol. The van der Waals surface area contributed by atoms with Crippen LogP contribution < -0.4 is 14.5 Å². The third-order valence-electron chi connectivity index (χ3n) is 8.70. The van der Waals surface area contributed by atoms with Gasteiger partial charge in [0.2, 0.25) is 5.91 Å². The monoisotopic (exact) mass is 500 g/mol. The Hall–Kier alpha value is -3.68. The summed E-state index contributed by atoms with van der Waals surface area (Å²) in [6.07, 6.45) is 6.97. The molecule has 0 bridgehead atoms. The van der Waals surface area contributed by atoms with Gasteiger partial charge in [-0.25, -0.2) is 9.07 Å². The number of carbonyl (C=O) groups is 2. The first-order valence-electron chi connectivity index (χ1n) is 13.3. The van der Waals surface area contributed by atoms with Gasteiger partial charge in [0.25, 0.3) is 5.91 Å². The number of nitrogens with zero attached hydrogens (tertiary/aromatic N) is 4. The molecule has 4 aliphatic rings. The summed E-state index contributed by atoms with van der Waals surface area (Å²) < 4.78 is 22.2. The summed E-state index contributed by atoms with van der Waals surface area (Å²) in [7, 11) is 0. The lowest BCUT2D eigenvalue weighted by Crippen LogP contribution is -2.45. The fourth-order valence-electron chi connectivity index (χ4n) is 6.56. The zero-order valence-electron chi connectivity index (χ0n) is 20.9. The number of aromatic nitrogens is 2. The number of benzene rings is 2. The summed E-state index contributed by atoms with van der Waals surface area (Å²) >= 11 is 0. The first kappa shape index (κ1) is 22.5. The molecule has 8 heteroatoms. The normalized spacial score (nSPS) is 24.3. The summed E-state index contributed by atoms with van der Waals surface area (Å²) in [5.74, 6) is 0.517. The standard InChI is InChI=1S/C29H29FN4O3/c1-2-19-15-29(19)17-33(21-8-6-20(7-9-21)32-11-4-3-5-26(32)35)28(36)27-22(29)16-31-34(27)24-13-18-10-12-37-25(18)14-23(24)30/h6-9,13-14,16,19H,2-5,10-12,15,17H2,1H3. The highest BCUT2D eigenvalue weighted by molar-refractivity contribution is 6.08. The molecule has 2 unspecified atom stereocenters. The molecule has 0 radical (unpaired) electrons. The van der Waals surface area contributed by atoms with Crippen molar-refractivity contribution in [3.63, 3.8) is 0 Å². The van der Waals surface area contributed by atoms with Crippen molar-refractivity contribution in [2.75, 3.05) is 29.5 Å². The van der Waals surface area contributed by atoms with E-state index in [4.69, 9.17) is 4.74 Å². The van der Waals surface area contributed by atoms with Crippen LogP contribution in [-0.4, -0.2) is 41.3 Å². The second kappa shape index (κ2) is 8.16. The highest BCUT2D eigenvalue weighted by atomic mass is 19.1. The molecule has 3 aromatic rings. The molecule has 1 aromatic heterocycles. The van der Waals surface area contributed by atoms with Crippen LogP contribution in [0.4, 0.5) is 15.8 Å². The summed E-state index contributed by atoms with van der Waals surface area (Å²) in [6.45, 7) is 4.00. The minimum Gasteiger partial charge on any atom is -0.493 e.